The van der Waals surface area contributed by atoms with Crippen LogP contribution in [0.2, 0.25) is 0 Å². The van der Waals surface area contributed by atoms with E-state index in [9.17, 15) is 28.8 Å². The second-order valence-electron chi connectivity index (χ2n) is 7.80. The molecular weight excluding hydrogens is 436 g/mol. The van der Waals surface area contributed by atoms with Crippen LogP contribution in [-0.4, -0.2) is 77.4 Å². The van der Waals surface area contributed by atoms with Gasteiger partial charge in [0.15, 0.2) is 0 Å². The van der Waals surface area contributed by atoms with Gasteiger partial charge in [-0.15, -0.1) is 0 Å². The SMILES string of the molecule is CC(=O)N[C@@H](CCCCN)C(=O)N[C@@H](C)C(=O)N[C@@H](C)C(=O)N[C@@H](C)C(=O)N[C@@H](C)C(=O)O. The molecule has 0 aromatic rings. The zero-order valence-corrected chi connectivity index (χ0v) is 19.7. The second kappa shape index (κ2) is 14.8. The first-order valence-corrected chi connectivity index (χ1v) is 10.7. The Morgan fingerprint density at radius 3 is 1.42 bits per heavy atom. The third-order valence-corrected chi connectivity index (χ3v) is 4.63. The molecule has 0 rings (SSSR count). The lowest BCUT2D eigenvalue weighted by molar-refractivity contribution is -0.141. The standard InChI is InChI=1S/C20H36N6O7/c1-10(16(28)23-11(2)18(30)25-13(4)20(32)33)22-17(29)12(3)24-19(31)15(26-14(5)27)8-6-7-9-21/h10-13,15H,6-9,21H2,1-5H3,(H,22,29)(H,23,28)(H,24,31)(H,25,30)(H,26,27)(H,32,33)/t10-,11-,12-,13-,15-/m0/s1. The number of nitrogens with one attached hydrogen (secondary N) is 5. The van der Waals surface area contributed by atoms with Crippen molar-refractivity contribution in [1.82, 2.24) is 26.6 Å². The fourth-order valence-corrected chi connectivity index (χ4v) is 2.59. The predicted molar refractivity (Wildman–Crippen MR) is 119 cm³/mol. The van der Waals surface area contributed by atoms with Crippen molar-refractivity contribution < 1.29 is 33.9 Å². The summed E-state index contributed by atoms with van der Waals surface area (Å²) in [5.41, 5.74) is 5.44. The van der Waals surface area contributed by atoms with Gasteiger partial charge in [-0.2, -0.15) is 0 Å². The summed E-state index contributed by atoms with van der Waals surface area (Å²) < 4.78 is 0. The number of carbonyl (C=O) groups is 6. The summed E-state index contributed by atoms with van der Waals surface area (Å²) in [6.45, 7) is 7.19. The quantitative estimate of drug-likeness (QED) is 0.137. The van der Waals surface area contributed by atoms with Crippen molar-refractivity contribution in [3.63, 3.8) is 0 Å². The number of hydrogen-bond acceptors (Lipinski definition) is 7. The monoisotopic (exact) mass is 472 g/mol. The molecule has 0 aliphatic rings. The molecule has 13 nitrogen and oxygen atoms in total. The highest BCUT2D eigenvalue weighted by Gasteiger charge is 2.27. The molecule has 0 spiro atoms. The minimum absolute atomic E-state index is 0.357. The fourth-order valence-electron chi connectivity index (χ4n) is 2.59. The Labute approximate surface area is 193 Å². The number of carboxylic acids is 1. The molecular formula is C20H36N6O7. The second-order valence-corrected chi connectivity index (χ2v) is 7.80. The van der Waals surface area contributed by atoms with E-state index in [1.807, 2.05) is 0 Å². The molecule has 8 N–H and O–H groups in total. The van der Waals surface area contributed by atoms with E-state index in [2.05, 4.69) is 26.6 Å². The maximum atomic E-state index is 12.5. The van der Waals surface area contributed by atoms with Gasteiger partial charge < -0.3 is 37.4 Å². The van der Waals surface area contributed by atoms with Crippen molar-refractivity contribution in [2.75, 3.05) is 6.54 Å². The summed E-state index contributed by atoms with van der Waals surface area (Å²) in [6, 6.07) is -5.04. The van der Waals surface area contributed by atoms with Gasteiger partial charge in [0, 0.05) is 6.92 Å². The van der Waals surface area contributed by atoms with E-state index in [0.717, 1.165) is 0 Å². The van der Waals surface area contributed by atoms with E-state index in [1.54, 1.807) is 0 Å². The molecule has 13 heteroatoms. The lowest BCUT2D eigenvalue weighted by Gasteiger charge is -2.23. The van der Waals surface area contributed by atoms with Crippen LogP contribution >= 0.6 is 0 Å². The van der Waals surface area contributed by atoms with Gasteiger partial charge in [-0.3, -0.25) is 28.8 Å². The van der Waals surface area contributed by atoms with Gasteiger partial charge in [0.25, 0.3) is 0 Å². The lowest BCUT2D eigenvalue weighted by Crippen LogP contribution is -2.56. The largest absolute Gasteiger partial charge is 0.480 e. The molecule has 0 aliphatic heterocycles. The molecule has 5 amide bonds. The smallest absolute Gasteiger partial charge is 0.325 e. The summed E-state index contributed by atoms with van der Waals surface area (Å²) in [4.78, 5) is 71.2. The zero-order valence-electron chi connectivity index (χ0n) is 19.7. The van der Waals surface area contributed by atoms with Crippen LogP contribution in [0.1, 0.15) is 53.9 Å². The molecule has 0 heterocycles. The lowest BCUT2D eigenvalue weighted by atomic mass is 10.1. The van der Waals surface area contributed by atoms with Crippen molar-refractivity contribution >= 4 is 35.5 Å². The summed E-state index contributed by atoms with van der Waals surface area (Å²) in [7, 11) is 0. The minimum Gasteiger partial charge on any atom is -0.480 e. The number of hydrogen-bond donors (Lipinski definition) is 7. The van der Waals surface area contributed by atoms with Gasteiger partial charge in [0.05, 0.1) is 0 Å². The summed E-state index contributed by atoms with van der Waals surface area (Å²) >= 11 is 0. The van der Waals surface area contributed by atoms with E-state index >= 15 is 0 Å². The Morgan fingerprint density at radius 2 is 1.06 bits per heavy atom. The van der Waals surface area contributed by atoms with Crippen LogP contribution in [0.25, 0.3) is 0 Å². The number of carbonyl (C=O) groups excluding carboxylic acids is 5. The van der Waals surface area contributed by atoms with E-state index in [1.165, 1.54) is 34.6 Å². The molecule has 0 radical (unpaired) electrons. The van der Waals surface area contributed by atoms with Gasteiger partial charge in [0.2, 0.25) is 29.5 Å². The van der Waals surface area contributed by atoms with Gasteiger partial charge in [-0.1, -0.05) is 0 Å². The van der Waals surface area contributed by atoms with Gasteiger partial charge >= 0.3 is 5.97 Å². The number of unbranched alkanes of at least 4 members (excludes halogenated alkanes) is 1. The van der Waals surface area contributed by atoms with E-state index in [4.69, 9.17) is 10.8 Å². The van der Waals surface area contributed by atoms with Gasteiger partial charge in [-0.25, -0.2) is 0 Å². The van der Waals surface area contributed by atoms with Crippen molar-refractivity contribution in [3.05, 3.63) is 0 Å². The first-order valence-electron chi connectivity index (χ1n) is 10.7. The molecule has 33 heavy (non-hydrogen) atoms. The van der Waals surface area contributed by atoms with Crippen LogP contribution in [-0.2, 0) is 28.8 Å². The number of rotatable bonds is 14. The Balaban J connectivity index is 4.77. The highest BCUT2D eigenvalue weighted by molar-refractivity contribution is 5.95. The topological polar surface area (TPSA) is 209 Å². The molecule has 188 valence electrons. The Morgan fingerprint density at radius 1 is 0.667 bits per heavy atom. The first-order chi connectivity index (χ1) is 15.3. The van der Waals surface area contributed by atoms with E-state index < -0.39 is 59.8 Å². The average Bonchev–Trinajstić information content (AvgIpc) is 2.72. The van der Waals surface area contributed by atoms with Crippen LogP contribution in [0.5, 0.6) is 0 Å². The number of aliphatic carboxylic acids is 1. The van der Waals surface area contributed by atoms with Crippen molar-refractivity contribution in [1.29, 1.82) is 0 Å². The third-order valence-electron chi connectivity index (χ3n) is 4.63. The molecule has 5 atom stereocenters. The molecule has 0 unspecified atom stereocenters. The van der Waals surface area contributed by atoms with Crippen molar-refractivity contribution in [2.45, 2.75) is 84.1 Å². The summed E-state index contributed by atoms with van der Waals surface area (Å²) in [5.74, 6) is -4.17. The molecule has 0 aromatic heterocycles. The number of amides is 5. The Hall–Kier alpha value is -3.22. The van der Waals surface area contributed by atoms with Crippen LogP contribution in [0, 0.1) is 0 Å². The molecule has 0 aliphatic carbocycles. The zero-order chi connectivity index (χ0) is 25.7. The maximum Gasteiger partial charge on any atom is 0.325 e. The molecule has 0 bridgehead atoms. The normalized spacial score (nSPS) is 15.1. The Bertz CT molecular complexity index is 730. The average molecular weight is 473 g/mol. The minimum atomic E-state index is -1.22. The van der Waals surface area contributed by atoms with Crippen LogP contribution < -0.4 is 32.3 Å². The highest BCUT2D eigenvalue weighted by atomic mass is 16.4. The highest BCUT2D eigenvalue weighted by Crippen LogP contribution is 2.02. The Kier molecular flexibility index (Phi) is 13.3. The van der Waals surface area contributed by atoms with Gasteiger partial charge in [0.1, 0.15) is 30.2 Å². The van der Waals surface area contributed by atoms with E-state index in [-0.39, 0.29) is 5.91 Å². The third kappa shape index (κ3) is 11.8. The van der Waals surface area contributed by atoms with Crippen LogP contribution in [0.3, 0.4) is 0 Å². The summed E-state index contributed by atoms with van der Waals surface area (Å²) in [5, 5.41) is 20.9. The molecule has 0 aromatic carbocycles. The van der Waals surface area contributed by atoms with Crippen LogP contribution in [0.15, 0.2) is 0 Å². The van der Waals surface area contributed by atoms with E-state index in [0.29, 0.717) is 25.8 Å². The van der Waals surface area contributed by atoms with Crippen molar-refractivity contribution in [2.24, 2.45) is 5.73 Å². The maximum absolute atomic E-state index is 12.5. The summed E-state index contributed by atoms with van der Waals surface area (Å²) in [6.07, 6.45) is 1.65. The van der Waals surface area contributed by atoms with Crippen LogP contribution in [0.4, 0.5) is 0 Å². The molecule has 0 fully saturated rings. The first kappa shape index (κ1) is 29.8. The van der Waals surface area contributed by atoms with Crippen molar-refractivity contribution in [3.8, 4) is 0 Å². The number of carboxylic acid groups (broad SMARTS) is 1. The predicted octanol–water partition coefficient (Wildman–Crippen LogP) is -2.28. The van der Waals surface area contributed by atoms with Gasteiger partial charge in [-0.05, 0) is 53.5 Å². The molecule has 0 saturated heterocycles. The number of nitrogens with two attached hydrogens (primary N) is 1. The molecule has 0 saturated carbocycles. The fraction of sp³-hybridized carbons (Fsp3) is 0.700.